The topological polar surface area (TPSA) is 60.7 Å². The van der Waals surface area contributed by atoms with Crippen LogP contribution in [0.5, 0.6) is 0 Å². The van der Waals surface area contributed by atoms with E-state index in [1.54, 1.807) is 13.0 Å². The van der Waals surface area contributed by atoms with Crippen LogP contribution in [0.2, 0.25) is 0 Å². The lowest BCUT2D eigenvalue weighted by Gasteiger charge is -2.16. The van der Waals surface area contributed by atoms with Crippen molar-refractivity contribution in [2.45, 2.75) is 33.2 Å². The van der Waals surface area contributed by atoms with Gasteiger partial charge in [0.05, 0.1) is 21.7 Å². The molecule has 0 spiro atoms. The fourth-order valence-electron chi connectivity index (χ4n) is 2.76. The van der Waals surface area contributed by atoms with E-state index < -0.39 is 6.04 Å². The van der Waals surface area contributed by atoms with Crippen molar-refractivity contribution in [2.75, 3.05) is 6.61 Å². The van der Waals surface area contributed by atoms with Crippen LogP contribution >= 0.6 is 22.7 Å². The number of hydrogen-bond donors (Lipinski definition) is 0. The molecule has 1 unspecified atom stereocenters. The van der Waals surface area contributed by atoms with E-state index in [0.29, 0.717) is 22.7 Å². The Kier molecular flexibility index (Phi) is 5.68. The molecule has 0 fully saturated rings. The van der Waals surface area contributed by atoms with E-state index >= 15 is 0 Å². The number of thiophene rings is 1. The van der Waals surface area contributed by atoms with Crippen molar-refractivity contribution in [1.82, 2.24) is 4.57 Å². The van der Waals surface area contributed by atoms with Crippen molar-refractivity contribution in [2.24, 2.45) is 4.99 Å². The van der Waals surface area contributed by atoms with Crippen LogP contribution < -0.4 is 4.80 Å². The van der Waals surface area contributed by atoms with Crippen LogP contribution in [-0.2, 0) is 9.53 Å². The number of ether oxygens (including phenoxy) is 1. The molecule has 3 aromatic rings. The van der Waals surface area contributed by atoms with Gasteiger partial charge in [-0.15, -0.1) is 11.3 Å². The Labute approximate surface area is 159 Å². The number of fused-ring (bicyclic) bond motifs is 1. The monoisotopic (exact) mass is 388 g/mol. The van der Waals surface area contributed by atoms with Gasteiger partial charge in [-0.25, -0.2) is 4.79 Å². The molecule has 0 aliphatic heterocycles. The van der Waals surface area contributed by atoms with Gasteiger partial charge in [-0.1, -0.05) is 30.4 Å². The summed E-state index contributed by atoms with van der Waals surface area (Å²) in [6.07, 6.45) is 0.555. The third kappa shape index (κ3) is 3.64. The summed E-state index contributed by atoms with van der Waals surface area (Å²) in [5, 5.41) is 0. The second-order valence-corrected chi connectivity index (χ2v) is 8.02. The number of rotatable bonds is 5. The zero-order valence-electron chi connectivity index (χ0n) is 14.9. The number of thiazole rings is 1. The quantitative estimate of drug-likeness (QED) is 0.611. The van der Waals surface area contributed by atoms with Gasteiger partial charge in [0, 0.05) is 4.88 Å². The summed E-state index contributed by atoms with van der Waals surface area (Å²) in [4.78, 5) is 31.6. The highest BCUT2D eigenvalue weighted by atomic mass is 32.1. The van der Waals surface area contributed by atoms with Crippen LogP contribution in [0, 0.1) is 6.92 Å². The van der Waals surface area contributed by atoms with Crippen LogP contribution in [0.3, 0.4) is 0 Å². The fraction of sp³-hybridized carbons (Fsp3) is 0.316. The van der Waals surface area contributed by atoms with Crippen molar-refractivity contribution >= 4 is 44.8 Å². The number of aryl methyl sites for hydroxylation is 1. The number of esters is 1. The second-order valence-electron chi connectivity index (χ2n) is 5.73. The molecule has 0 aliphatic carbocycles. The smallest absolute Gasteiger partial charge is 0.329 e. The molecular formula is C19H20N2O3S2. The number of amides is 1. The summed E-state index contributed by atoms with van der Waals surface area (Å²) >= 11 is 2.82. The summed E-state index contributed by atoms with van der Waals surface area (Å²) in [7, 11) is 0. The minimum atomic E-state index is -0.511. The molecule has 5 nitrogen and oxygen atoms in total. The Hall–Kier alpha value is -2.25. The van der Waals surface area contributed by atoms with Crippen molar-refractivity contribution in [3.63, 3.8) is 0 Å². The highest BCUT2D eigenvalue weighted by molar-refractivity contribution is 7.16. The number of carbonyl (C=O) groups excluding carboxylic acids is 2. The van der Waals surface area contributed by atoms with Crippen LogP contribution in [0.15, 0.2) is 41.4 Å². The van der Waals surface area contributed by atoms with Gasteiger partial charge in [0.1, 0.15) is 6.04 Å². The Balaban J connectivity index is 2.17. The Morgan fingerprint density at radius 3 is 2.58 bits per heavy atom. The standard InChI is InChI=1S/C19H20N2O3S2/c1-4-13(18(23)24-5-2)21-14-8-6-7-9-15(14)26-19(21)20-17(22)16-11-10-12(3)25-16/h6-11,13H,4-5H2,1-3H3. The SMILES string of the molecule is CCOC(=O)C(CC)n1c(=NC(=O)c2ccc(C)s2)sc2ccccc21. The van der Waals surface area contributed by atoms with E-state index in [-0.39, 0.29) is 11.9 Å². The van der Waals surface area contributed by atoms with Crippen LogP contribution in [0.25, 0.3) is 10.2 Å². The van der Waals surface area contributed by atoms with Gasteiger partial charge in [0.2, 0.25) is 0 Å². The van der Waals surface area contributed by atoms with Crippen LogP contribution in [-0.4, -0.2) is 23.1 Å². The highest BCUT2D eigenvalue weighted by Gasteiger charge is 2.24. The largest absolute Gasteiger partial charge is 0.464 e. The van der Waals surface area contributed by atoms with Crippen molar-refractivity contribution < 1.29 is 14.3 Å². The Bertz CT molecular complexity index is 1010. The molecule has 136 valence electrons. The summed E-state index contributed by atoms with van der Waals surface area (Å²) < 4.78 is 8.04. The molecule has 0 aliphatic rings. The van der Waals surface area contributed by atoms with E-state index in [1.165, 1.54) is 22.7 Å². The summed E-state index contributed by atoms with van der Waals surface area (Å²) in [6, 6.07) is 10.9. The zero-order valence-corrected chi connectivity index (χ0v) is 16.5. The molecule has 7 heteroatoms. The van der Waals surface area contributed by atoms with Gasteiger partial charge < -0.3 is 9.30 Å². The summed E-state index contributed by atoms with van der Waals surface area (Å²) in [5.74, 6) is -0.596. The lowest BCUT2D eigenvalue weighted by atomic mass is 10.2. The van der Waals surface area contributed by atoms with Crippen molar-refractivity contribution in [3.8, 4) is 0 Å². The van der Waals surface area contributed by atoms with E-state index in [0.717, 1.165) is 15.1 Å². The average Bonchev–Trinajstić information content (AvgIpc) is 3.20. The van der Waals surface area contributed by atoms with E-state index in [9.17, 15) is 9.59 Å². The lowest BCUT2D eigenvalue weighted by Crippen LogP contribution is -2.29. The van der Waals surface area contributed by atoms with Crippen molar-refractivity contribution in [3.05, 3.63) is 51.0 Å². The number of aromatic nitrogens is 1. The molecule has 1 amide bonds. The maximum absolute atomic E-state index is 12.6. The third-order valence-corrected chi connectivity index (χ3v) is 5.96. The summed E-state index contributed by atoms with van der Waals surface area (Å²) in [6.45, 7) is 5.98. The number of benzene rings is 1. The molecule has 1 aromatic carbocycles. The predicted molar refractivity (Wildman–Crippen MR) is 105 cm³/mol. The van der Waals surface area contributed by atoms with Crippen LogP contribution in [0.1, 0.15) is 40.9 Å². The molecule has 0 bridgehead atoms. The van der Waals surface area contributed by atoms with E-state index in [2.05, 4.69) is 4.99 Å². The molecule has 0 radical (unpaired) electrons. The first kappa shape index (κ1) is 18.5. The zero-order chi connectivity index (χ0) is 18.7. The highest BCUT2D eigenvalue weighted by Crippen LogP contribution is 2.24. The molecule has 2 aromatic heterocycles. The number of hydrogen-bond acceptors (Lipinski definition) is 5. The van der Waals surface area contributed by atoms with Gasteiger partial charge in [0.25, 0.3) is 5.91 Å². The van der Waals surface area contributed by atoms with Gasteiger partial charge in [-0.2, -0.15) is 4.99 Å². The maximum atomic E-state index is 12.6. The number of nitrogens with zero attached hydrogens (tertiary/aromatic N) is 2. The third-order valence-electron chi connectivity index (χ3n) is 3.94. The molecule has 2 heterocycles. The molecule has 0 saturated carbocycles. The molecule has 1 atom stereocenters. The minimum absolute atomic E-state index is 0.290. The fourth-order valence-corrected chi connectivity index (χ4v) is 4.57. The maximum Gasteiger partial charge on any atom is 0.329 e. The first-order chi connectivity index (χ1) is 12.5. The Morgan fingerprint density at radius 2 is 1.92 bits per heavy atom. The van der Waals surface area contributed by atoms with E-state index in [1.807, 2.05) is 48.7 Å². The molecule has 26 heavy (non-hydrogen) atoms. The number of carbonyl (C=O) groups is 2. The van der Waals surface area contributed by atoms with Gasteiger partial charge in [0.15, 0.2) is 4.80 Å². The minimum Gasteiger partial charge on any atom is -0.464 e. The molecule has 0 N–H and O–H groups in total. The summed E-state index contributed by atoms with van der Waals surface area (Å²) in [5.41, 5.74) is 0.881. The molecule has 3 rings (SSSR count). The van der Waals surface area contributed by atoms with Crippen LogP contribution in [0.4, 0.5) is 0 Å². The van der Waals surface area contributed by atoms with Gasteiger partial charge in [-0.05, 0) is 44.5 Å². The van der Waals surface area contributed by atoms with Gasteiger partial charge in [-0.3, -0.25) is 4.79 Å². The predicted octanol–water partition coefficient (Wildman–Crippen LogP) is 4.33. The normalized spacial score (nSPS) is 13.1. The van der Waals surface area contributed by atoms with Crippen molar-refractivity contribution in [1.29, 1.82) is 0 Å². The van der Waals surface area contributed by atoms with E-state index in [4.69, 9.17) is 4.74 Å². The molecular weight excluding hydrogens is 368 g/mol. The first-order valence-corrected chi connectivity index (χ1v) is 10.1. The second kappa shape index (κ2) is 7.97. The van der Waals surface area contributed by atoms with Gasteiger partial charge >= 0.3 is 5.97 Å². The Morgan fingerprint density at radius 1 is 1.15 bits per heavy atom. The lowest BCUT2D eigenvalue weighted by molar-refractivity contribution is -0.147. The molecule has 0 saturated heterocycles. The number of para-hydroxylation sites is 1. The average molecular weight is 389 g/mol. The first-order valence-electron chi connectivity index (χ1n) is 8.47.